The van der Waals surface area contributed by atoms with Crippen LogP contribution in [0.15, 0.2) is 78.0 Å². The van der Waals surface area contributed by atoms with Crippen LogP contribution in [0.3, 0.4) is 0 Å². The van der Waals surface area contributed by atoms with E-state index in [4.69, 9.17) is 0 Å². The molecule has 0 atom stereocenters. The van der Waals surface area contributed by atoms with Crippen molar-refractivity contribution >= 4 is 29.0 Å². The van der Waals surface area contributed by atoms with Gasteiger partial charge in [-0.05, 0) is 37.6 Å². The fraction of sp³-hybridized carbons (Fsp3) is 0.125. The summed E-state index contributed by atoms with van der Waals surface area (Å²) >= 11 is 1.25. The fourth-order valence-corrected chi connectivity index (χ4v) is 4.07. The molecule has 4 rings (SSSR count). The van der Waals surface area contributed by atoms with Gasteiger partial charge in [0.1, 0.15) is 0 Å². The van der Waals surface area contributed by atoms with Gasteiger partial charge in [0.25, 0.3) is 5.69 Å². The molecule has 1 aromatic heterocycles. The Morgan fingerprint density at radius 3 is 2.55 bits per heavy atom. The lowest BCUT2D eigenvalue weighted by Crippen LogP contribution is -2.15. The number of nitro benzene ring substituents is 1. The molecular formula is C24H21N5O3S. The summed E-state index contributed by atoms with van der Waals surface area (Å²) in [6, 6.07) is 22.1. The highest BCUT2D eigenvalue weighted by Crippen LogP contribution is 2.29. The van der Waals surface area contributed by atoms with E-state index in [1.807, 2.05) is 66.1 Å². The Balaban J connectivity index is 1.58. The molecule has 1 heterocycles. The molecule has 9 heteroatoms. The molecule has 0 aliphatic rings. The van der Waals surface area contributed by atoms with Crippen molar-refractivity contribution in [3.05, 3.63) is 94.0 Å². The summed E-state index contributed by atoms with van der Waals surface area (Å²) in [5.41, 5.74) is 4.01. The molecule has 0 spiro atoms. The number of hydrogen-bond donors (Lipinski definition) is 1. The number of nitrogens with zero attached hydrogens (tertiary/aromatic N) is 4. The molecule has 4 aromatic rings. The molecule has 0 fully saturated rings. The first-order valence-electron chi connectivity index (χ1n) is 10.2. The summed E-state index contributed by atoms with van der Waals surface area (Å²) in [5.74, 6) is 0.464. The van der Waals surface area contributed by atoms with Crippen LogP contribution in [0.1, 0.15) is 11.1 Å². The number of hydrogen-bond acceptors (Lipinski definition) is 6. The number of nitro groups is 1. The number of aromatic nitrogens is 3. The first kappa shape index (κ1) is 22.2. The monoisotopic (exact) mass is 459 g/mol. The molecule has 0 bridgehead atoms. The minimum absolute atomic E-state index is 0.0704. The van der Waals surface area contributed by atoms with Gasteiger partial charge in [-0.2, -0.15) is 0 Å². The summed E-state index contributed by atoms with van der Waals surface area (Å²) in [4.78, 5) is 23.2. The van der Waals surface area contributed by atoms with Crippen molar-refractivity contribution in [2.75, 3.05) is 11.1 Å². The molecule has 0 aliphatic carbocycles. The number of aryl methyl sites for hydroxylation is 2. The molecule has 0 unspecified atom stereocenters. The van der Waals surface area contributed by atoms with Crippen LogP contribution in [-0.2, 0) is 4.79 Å². The lowest BCUT2D eigenvalue weighted by atomic mass is 10.1. The lowest BCUT2D eigenvalue weighted by Gasteiger charge is -2.11. The molecule has 8 nitrogen and oxygen atoms in total. The smallest absolute Gasteiger partial charge is 0.271 e. The first-order chi connectivity index (χ1) is 15.9. The second-order valence-corrected chi connectivity index (χ2v) is 8.38. The molecule has 0 saturated heterocycles. The number of non-ortho nitro benzene ring substituents is 1. The molecule has 166 valence electrons. The zero-order valence-corrected chi connectivity index (χ0v) is 18.9. The number of carbonyl (C=O) groups is 1. The lowest BCUT2D eigenvalue weighted by molar-refractivity contribution is -0.384. The third-order valence-electron chi connectivity index (χ3n) is 4.96. The van der Waals surface area contributed by atoms with Gasteiger partial charge in [-0.15, -0.1) is 10.2 Å². The van der Waals surface area contributed by atoms with E-state index in [0.717, 1.165) is 22.4 Å². The number of thioether (sulfide) groups is 1. The van der Waals surface area contributed by atoms with Crippen LogP contribution in [-0.4, -0.2) is 31.3 Å². The Morgan fingerprint density at radius 1 is 1.03 bits per heavy atom. The zero-order chi connectivity index (χ0) is 23.4. The second-order valence-electron chi connectivity index (χ2n) is 7.44. The van der Waals surface area contributed by atoms with E-state index >= 15 is 0 Å². The maximum absolute atomic E-state index is 12.6. The Morgan fingerprint density at radius 2 is 1.82 bits per heavy atom. The van der Waals surface area contributed by atoms with Crippen molar-refractivity contribution in [2.45, 2.75) is 19.0 Å². The van der Waals surface area contributed by atoms with Gasteiger partial charge in [0, 0.05) is 23.4 Å². The zero-order valence-electron chi connectivity index (χ0n) is 18.1. The Hall–Kier alpha value is -3.98. The molecular weight excluding hydrogens is 438 g/mol. The van der Waals surface area contributed by atoms with Crippen LogP contribution in [0.2, 0.25) is 0 Å². The van der Waals surface area contributed by atoms with Crippen molar-refractivity contribution in [1.29, 1.82) is 0 Å². The second kappa shape index (κ2) is 9.66. The number of rotatable bonds is 7. The standard InChI is InChI=1S/C24H21N5O3S/c1-16-7-6-8-18(13-16)23-26-27-24(28(23)19-9-4-3-5-10-19)33-15-22(30)25-21-14-20(29(31)32)12-11-17(21)2/h3-14H,15H2,1-2H3,(H,25,30). The van der Waals surface area contributed by atoms with Crippen LogP contribution in [0.4, 0.5) is 11.4 Å². The summed E-state index contributed by atoms with van der Waals surface area (Å²) in [6.45, 7) is 3.80. The van der Waals surface area contributed by atoms with Gasteiger partial charge in [-0.25, -0.2) is 0 Å². The largest absolute Gasteiger partial charge is 0.325 e. The minimum Gasteiger partial charge on any atom is -0.325 e. The number of carbonyl (C=O) groups excluding carboxylic acids is 1. The first-order valence-corrected chi connectivity index (χ1v) is 11.2. The highest BCUT2D eigenvalue weighted by molar-refractivity contribution is 7.99. The number of anilines is 1. The minimum atomic E-state index is -0.487. The van der Waals surface area contributed by atoms with E-state index in [1.165, 1.54) is 23.9 Å². The van der Waals surface area contributed by atoms with Crippen molar-refractivity contribution in [1.82, 2.24) is 14.8 Å². The fourth-order valence-electron chi connectivity index (χ4n) is 3.32. The van der Waals surface area contributed by atoms with E-state index in [-0.39, 0.29) is 17.3 Å². The summed E-state index contributed by atoms with van der Waals surface area (Å²) in [5, 5.41) is 23.1. The van der Waals surface area contributed by atoms with Gasteiger partial charge in [0.15, 0.2) is 11.0 Å². The molecule has 0 aliphatic heterocycles. The Kier molecular flexibility index (Phi) is 6.50. The third-order valence-corrected chi connectivity index (χ3v) is 5.89. The molecule has 0 saturated carbocycles. The maximum Gasteiger partial charge on any atom is 0.271 e. The van der Waals surface area contributed by atoms with E-state index in [9.17, 15) is 14.9 Å². The van der Waals surface area contributed by atoms with Crippen molar-refractivity contribution in [2.24, 2.45) is 0 Å². The van der Waals surface area contributed by atoms with Gasteiger partial charge < -0.3 is 5.32 Å². The van der Waals surface area contributed by atoms with Gasteiger partial charge in [0.05, 0.1) is 16.4 Å². The van der Waals surface area contributed by atoms with E-state index < -0.39 is 4.92 Å². The van der Waals surface area contributed by atoms with Crippen molar-refractivity contribution in [3.8, 4) is 17.1 Å². The molecule has 1 amide bonds. The highest BCUT2D eigenvalue weighted by Gasteiger charge is 2.18. The molecule has 1 N–H and O–H groups in total. The van der Waals surface area contributed by atoms with Gasteiger partial charge in [0.2, 0.25) is 5.91 Å². The molecule has 33 heavy (non-hydrogen) atoms. The van der Waals surface area contributed by atoms with Gasteiger partial charge >= 0.3 is 0 Å². The maximum atomic E-state index is 12.6. The molecule has 3 aromatic carbocycles. The van der Waals surface area contributed by atoms with E-state index in [2.05, 4.69) is 15.5 Å². The summed E-state index contributed by atoms with van der Waals surface area (Å²) in [7, 11) is 0. The van der Waals surface area contributed by atoms with Gasteiger partial charge in [-0.3, -0.25) is 19.5 Å². The Labute approximate surface area is 194 Å². The van der Waals surface area contributed by atoms with E-state index in [0.29, 0.717) is 16.7 Å². The highest BCUT2D eigenvalue weighted by atomic mass is 32.2. The number of para-hydroxylation sites is 1. The average Bonchev–Trinajstić information content (AvgIpc) is 3.23. The van der Waals surface area contributed by atoms with Crippen LogP contribution >= 0.6 is 11.8 Å². The predicted octanol–water partition coefficient (Wildman–Crippen LogP) is 5.19. The van der Waals surface area contributed by atoms with Gasteiger partial charge in [-0.1, -0.05) is 59.8 Å². The van der Waals surface area contributed by atoms with Crippen LogP contribution in [0.5, 0.6) is 0 Å². The number of benzene rings is 3. The normalized spacial score (nSPS) is 10.7. The number of nitrogens with one attached hydrogen (secondary N) is 1. The summed E-state index contributed by atoms with van der Waals surface area (Å²) in [6.07, 6.45) is 0. The van der Waals surface area contributed by atoms with Crippen molar-refractivity contribution in [3.63, 3.8) is 0 Å². The quantitative estimate of drug-likeness (QED) is 0.232. The van der Waals surface area contributed by atoms with Crippen LogP contribution in [0.25, 0.3) is 17.1 Å². The Bertz CT molecular complexity index is 1320. The molecule has 0 radical (unpaired) electrons. The van der Waals surface area contributed by atoms with Crippen molar-refractivity contribution < 1.29 is 9.72 Å². The van der Waals surface area contributed by atoms with Crippen LogP contribution < -0.4 is 5.32 Å². The predicted molar refractivity (Wildman–Crippen MR) is 129 cm³/mol. The van der Waals surface area contributed by atoms with E-state index in [1.54, 1.807) is 13.0 Å². The van der Waals surface area contributed by atoms with Crippen LogP contribution in [0, 0.1) is 24.0 Å². The SMILES string of the molecule is Cc1cccc(-c2nnc(SCC(=O)Nc3cc([N+](=O)[O-])ccc3C)n2-c2ccccc2)c1. The summed E-state index contributed by atoms with van der Waals surface area (Å²) < 4.78 is 1.92. The topological polar surface area (TPSA) is 103 Å². The third kappa shape index (κ3) is 5.09. The number of amides is 1. The average molecular weight is 460 g/mol.